The van der Waals surface area contributed by atoms with E-state index in [2.05, 4.69) is 50.6 Å². The average molecular weight is 383 g/mol. The lowest BCUT2D eigenvalue weighted by molar-refractivity contribution is 0.358. The highest BCUT2D eigenvalue weighted by molar-refractivity contribution is 7.90. The van der Waals surface area contributed by atoms with Gasteiger partial charge >= 0.3 is 0 Å². The zero-order valence-corrected chi connectivity index (χ0v) is 17.3. The largest absolute Gasteiger partial charge is 0.259 e. The Bertz CT molecular complexity index is 1060. The Labute approximate surface area is 161 Å². The maximum absolute atomic E-state index is 11.8. The summed E-state index contributed by atoms with van der Waals surface area (Å²) in [7, 11) is -3.22. The molecule has 0 aliphatic rings. The minimum absolute atomic E-state index is 0.106. The van der Waals surface area contributed by atoms with Gasteiger partial charge in [-0.1, -0.05) is 43.3 Å². The number of hydrogen-bond donors (Lipinski definition) is 0. The van der Waals surface area contributed by atoms with E-state index in [0.717, 1.165) is 34.5 Å². The van der Waals surface area contributed by atoms with Crippen LogP contribution in [0.4, 0.5) is 0 Å². The van der Waals surface area contributed by atoms with Crippen LogP contribution in [0.1, 0.15) is 33.4 Å². The number of rotatable bonds is 4. The van der Waals surface area contributed by atoms with Gasteiger partial charge in [-0.15, -0.1) is 0 Å². The van der Waals surface area contributed by atoms with Gasteiger partial charge in [0, 0.05) is 6.26 Å². The second kappa shape index (κ2) is 6.97. The highest BCUT2D eigenvalue weighted by Gasteiger charge is 2.20. The highest BCUT2D eigenvalue weighted by Crippen LogP contribution is 2.29. The monoisotopic (exact) mass is 382 g/mol. The van der Waals surface area contributed by atoms with Crippen LogP contribution in [0.3, 0.4) is 0 Å². The Kier molecular flexibility index (Phi) is 5.00. The van der Waals surface area contributed by atoms with Crippen LogP contribution in [0.5, 0.6) is 0 Å². The molecule has 3 aromatic rings. The third-order valence-corrected chi connectivity index (χ3v) is 5.64. The normalized spacial score (nSPS) is 12.3. The molecule has 0 unspecified atom stereocenters. The van der Waals surface area contributed by atoms with E-state index >= 15 is 0 Å². The van der Waals surface area contributed by atoms with Crippen molar-refractivity contribution >= 4 is 9.84 Å². The number of aryl methyl sites for hydroxylation is 1. The van der Waals surface area contributed by atoms with E-state index in [4.69, 9.17) is 5.10 Å². The molecule has 0 fully saturated rings. The first-order valence-electron chi connectivity index (χ1n) is 9.10. The predicted octanol–water partition coefficient (Wildman–Crippen LogP) is 4.94. The van der Waals surface area contributed by atoms with Gasteiger partial charge in [-0.05, 0) is 62.1 Å². The Morgan fingerprint density at radius 2 is 1.56 bits per heavy atom. The van der Waals surface area contributed by atoms with Crippen LogP contribution < -0.4 is 0 Å². The summed E-state index contributed by atoms with van der Waals surface area (Å²) in [5.41, 5.74) is 5.04. The van der Waals surface area contributed by atoms with E-state index in [-0.39, 0.29) is 5.54 Å². The van der Waals surface area contributed by atoms with Crippen molar-refractivity contribution < 1.29 is 8.42 Å². The second-order valence-electron chi connectivity index (χ2n) is 7.83. The fourth-order valence-electron chi connectivity index (χ4n) is 3.06. The number of hydrogen-bond acceptors (Lipinski definition) is 3. The van der Waals surface area contributed by atoms with Crippen LogP contribution in [0.25, 0.3) is 22.4 Å². The maximum atomic E-state index is 11.8. The van der Waals surface area contributed by atoms with E-state index in [1.165, 1.54) is 6.26 Å². The van der Waals surface area contributed by atoms with Gasteiger partial charge in [0.15, 0.2) is 9.84 Å². The molecule has 0 radical (unpaired) electrons. The smallest absolute Gasteiger partial charge is 0.175 e. The fraction of sp³-hybridized carbons (Fsp3) is 0.318. The number of nitrogens with zero attached hydrogens (tertiary/aromatic N) is 2. The summed E-state index contributed by atoms with van der Waals surface area (Å²) >= 11 is 0. The molecule has 0 saturated carbocycles. The van der Waals surface area contributed by atoms with Gasteiger partial charge < -0.3 is 0 Å². The fourth-order valence-corrected chi connectivity index (χ4v) is 3.73. The minimum Gasteiger partial charge on any atom is -0.259 e. The van der Waals surface area contributed by atoms with Gasteiger partial charge in [0.1, 0.15) is 0 Å². The van der Waals surface area contributed by atoms with E-state index in [9.17, 15) is 8.42 Å². The van der Waals surface area contributed by atoms with Gasteiger partial charge in [-0.25, -0.2) is 8.42 Å². The lowest BCUT2D eigenvalue weighted by atomic mass is 10.0. The van der Waals surface area contributed by atoms with Crippen molar-refractivity contribution in [2.45, 2.75) is 44.6 Å². The molecule has 27 heavy (non-hydrogen) atoms. The molecule has 142 valence electrons. The molecule has 4 nitrogen and oxygen atoms in total. The summed E-state index contributed by atoms with van der Waals surface area (Å²) < 4.78 is 25.7. The van der Waals surface area contributed by atoms with Crippen LogP contribution in [0.2, 0.25) is 0 Å². The molecule has 0 spiro atoms. The Hall–Kier alpha value is -2.40. The van der Waals surface area contributed by atoms with Crippen molar-refractivity contribution in [2.75, 3.05) is 6.26 Å². The average Bonchev–Trinajstić information content (AvgIpc) is 3.06. The highest BCUT2D eigenvalue weighted by atomic mass is 32.2. The standard InChI is InChI=1S/C22H26N2O2S/c1-6-19-15-21(24(23-19)22(2,3)4)17-12-10-16(11-13-17)18-8-7-9-20(14-18)27(5,25)26/h7-15H,6H2,1-5H3. The molecule has 0 N–H and O–H groups in total. The number of sulfone groups is 1. The Morgan fingerprint density at radius 3 is 2.11 bits per heavy atom. The first-order valence-corrected chi connectivity index (χ1v) is 11.0. The summed E-state index contributed by atoms with van der Waals surface area (Å²) in [6.07, 6.45) is 2.13. The molecule has 0 amide bonds. The first kappa shape index (κ1) is 19.4. The molecule has 2 aromatic carbocycles. The third kappa shape index (κ3) is 4.14. The van der Waals surface area contributed by atoms with Crippen molar-refractivity contribution in [1.29, 1.82) is 0 Å². The zero-order valence-electron chi connectivity index (χ0n) is 16.5. The molecular formula is C22H26N2O2S. The summed E-state index contributed by atoms with van der Waals surface area (Å²) in [6, 6.07) is 17.4. The van der Waals surface area contributed by atoms with Crippen molar-refractivity contribution in [3.63, 3.8) is 0 Å². The van der Waals surface area contributed by atoms with Crippen LogP contribution >= 0.6 is 0 Å². The predicted molar refractivity (Wildman–Crippen MR) is 111 cm³/mol. The molecule has 1 heterocycles. The molecule has 5 heteroatoms. The van der Waals surface area contributed by atoms with Crippen molar-refractivity contribution in [1.82, 2.24) is 9.78 Å². The van der Waals surface area contributed by atoms with Gasteiger partial charge in [0.05, 0.1) is 21.8 Å². The van der Waals surface area contributed by atoms with Crippen molar-refractivity contribution in [3.8, 4) is 22.4 Å². The Balaban J connectivity index is 2.01. The number of benzene rings is 2. The Morgan fingerprint density at radius 1 is 0.926 bits per heavy atom. The van der Waals surface area contributed by atoms with Gasteiger partial charge in [-0.2, -0.15) is 5.10 Å². The molecule has 3 rings (SSSR count). The molecule has 0 aliphatic carbocycles. The third-order valence-electron chi connectivity index (χ3n) is 4.53. The van der Waals surface area contributed by atoms with Gasteiger partial charge in [0.25, 0.3) is 0 Å². The summed E-state index contributed by atoms with van der Waals surface area (Å²) in [5, 5.41) is 4.75. The lowest BCUT2D eigenvalue weighted by Gasteiger charge is -2.22. The van der Waals surface area contributed by atoms with Crippen LogP contribution in [-0.4, -0.2) is 24.5 Å². The van der Waals surface area contributed by atoms with Crippen LogP contribution in [0, 0.1) is 0 Å². The zero-order chi connectivity index (χ0) is 19.8. The van der Waals surface area contributed by atoms with Crippen LogP contribution in [-0.2, 0) is 21.8 Å². The number of aromatic nitrogens is 2. The van der Waals surface area contributed by atoms with Crippen molar-refractivity contribution in [3.05, 3.63) is 60.3 Å². The summed E-state index contributed by atoms with van der Waals surface area (Å²) in [4.78, 5) is 0.336. The SMILES string of the molecule is CCc1cc(-c2ccc(-c3cccc(S(C)(=O)=O)c3)cc2)n(C(C)(C)C)n1. The molecule has 0 bridgehead atoms. The van der Waals surface area contributed by atoms with Gasteiger partial charge in [-0.3, -0.25) is 4.68 Å². The molecule has 0 aliphatic heterocycles. The van der Waals surface area contributed by atoms with E-state index in [1.807, 2.05) is 18.2 Å². The molecule has 1 aromatic heterocycles. The summed E-state index contributed by atoms with van der Waals surface area (Å²) in [6.45, 7) is 8.55. The topological polar surface area (TPSA) is 52.0 Å². The van der Waals surface area contributed by atoms with E-state index in [0.29, 0.717) is 4.90 Å². The molecular weight excluding hydrogens is 356 g/mol. The van der Waals surface area contributed by atoms with Crippen LogP contribution in [0.15, 0.2) is 59.5 Å². The van der Waals surface area contributed by atoms with E-state index < -0.39 is 9.84 Å². The lowest BCUT2D eigenvalue weighted by Crippen LogP contribution is -2.24. The van der Waals surface area contributed by atoms with Gasteiger partial charge in [0.2, 0.25) is 0 Å². The minimum atomic E-state index is -3.22. The quantitative estimate of drug-likeness (QED) is 0.642. The first-order chi connectivity index (χ1) is 12.6. The molecule has 0 atom stereocenters. The maximum Gasteiger partial charge on any atom is 0.175 e. The summed E-state index contributed by atoms with van der Waals surface area (Å²) in [5.74, 6) is 0. The molecule has 0 saturated heterocycles. The van der Waals surface area contributed by atoms with Crippen molar-refractivity contribution in [2.24, 2.45) is 0 Å². The van der Waals surface area contributed by atoms with E-state index in [1.54, 1.807) is 18.2 Å². The second-order valence-corrected chi connectivity index (χ2v) is 9.85.